The lowest BCUT2D eigenvalue weighted by Crippen LogP contribution is -1.95. The lowest BCUT2D eigenvalue weighted by molar-refractivity contribution is 1.18. The molecule has 0 bridgehead atoms. The fourth-order valence-electron chi connectivity index (χ4n) is 9.02. The number of aromatic nitrogens is 3. The highest BCUT2D eigenvalue weighted by Crippen LogP contribution is 2.36. The van der Waals surface area contributed by atoms with Crippen molar-refractivity contribution >= 4 is 55.4 Å². The molecule has 0 fully saturated rings. The van der Waals surface area contributed by atoms with Crippen LogP contribution in [-0.4, -0.2) is 14.1 Å². The summed E-state index contributed by atoms with van der Waals surface area (Å²) in [5.74, 6) is 0. The Morgan fingerprint density at radius 3 is 1.52 bits per heavy atom. The van der Waals surface area contributed by atoms with Crippen molar-refractivity contribution in [2.45, 2.75) is 0 Å². The van der Waals surface area contributed by atoms with E-state index in [1.54, 1.807) is 0 Å². The maximum absolute atomic E-state index is 5.38. The van der Waals surface area contributed by atoms with E-state index in [1.807, 2.05) is 6.08 Å². The number of nitrogens with zero attached hydrogens (tertiary/aromatic N) is 3. The molecule has 8 aromatic carbocycles. The maximum atomic E-state index is 5.38. The fourth-order valence-corrected chi connectivity index (χ4v) is 9.02. The number of pyridine rings is 1. The molecule has 0 unspecified atom stereocenters. The minimum absolute atomic E-state index is 0.916. The lowest BCUT2D eigenvalue weighted by atomic mass is 9.97. The highest BCUT2D eigenvalue weighted by molar-refractivity contribution is 6.11. The van der Waals surface area contributed by atoms with Gasteiger partial charge in [0.2, 0.25) is 0 Å². The highest BCUT2D eigenvalue weighted by atomic mass is 15.0. The van der Waals surface area contributed by atoms with Crippen molar-refractivity contribution in [1.29, 1.82) is 0 Å². The molecule has 0 N–H and O–H groups in total. The number of rotatable bonds is 9. The van der Waals surface area contributed by atoms with Crippen LogP contribution in [0.25, 0.3) is 106 Å². The Kier molecular flexibility index (Phi) is 9.33. The zero-order valence-corrected chi connectivity index (χ0v) is 34.1. The lowest BCUT2D eigenvalue weighted by Gasteiger charge is -2.13. The van der Waals surface area contributed by atoms with E-state index in [1.165, 1.54) is 32.6 Å². The summed E-state index contributed by atoms with van der Waals surface area (Å²) in [6.45, 7) is 4.07. The Balaban J connectivity index is 0.974. The van der Waals surface area contributed by atoms with E-state index in [2.05, 4.69) is 246 Å². The summed E-state index contributed by atoms with van der Waals surface area (Å²) in [7, 11) is 0. The van der Waals surface area contributed by atoms with Gasteiger partial charge in [-0.2, -0.15) is 0 Å². The third-order valence-corrected chi connectivity index (χ3v) is 11.9. The Bertz CT molecular complexity index is 3440. The van der Waals surface area contributed by atoms with E-state index >= 15 is 0 Å². The molecular formula is C59H41N3. The molecule has 0 amide bonds. The molecule has 11 rings (SSSR count). The van der Waals surface area contributed by atoms with Crippen LogP contribution in [0.4, 0.5) is 0 Å². The number of para-hydroxylation sites is 4. The molecule has 3 nitrogen and oxygen atoms in total. The first-order chi connectivity index (χ1) is 30.7. The van der Waals surface area contributed by atoms with E-state index in [-0.39, 0.29) is 0 Å². The van der Waals surface area contributed by atoms with Gasteiger partial charge in [0.05, 0.1) is 33.5 Å². The molecule has 0 aliphatic rings. The van der Waals surface area contributed by atoms with Gasteiger partial charge in [-0.25, -0.2) is 4.98 Å². The van der Waals surface area contributed by atoms with Crippen LogP contribution < -0.4 is 0 Å². The number of benzene rings is 8. The maximum Gasteiger partial charge on any atom is 0.0715 e. The third-order valence-electron chi connectivity index (χ3n) is 11.9. The molecule has 62 heavy (non-hydrogen) atoms. The van der Waals surface area contributed by atoms with Crippen molar-refractivity contribution < 1.29 is 0 Å². The number of hydrogen-bond donors (Lipinski definition) is 0. The molecule has 3 aromatic heterocycles. The van der Waals surface area contributed by atoms with E-state index < -0.39 is 0 Å². The smallest absolute Gasteiger partial charge is 0.0715 e. The predicted octanol–water partition coefficient (Wildman–Crippen LogP) is 15.7. The second kappa shape index (κ2) is 15.7. The molecular weight excluding hydrogens is 751 g/mol. The summed E-state index contributed by atoms with van der Waals surface area (Å²) in [5, 5.41) is 4.97. The molecule has 0 atom stereocenters. The van der Waals surface area contributed by atoms with Crippen molar-refractivity contribution in [3.8, 4) is 50.5 Å². The normalized spacial score (nSPS) is 12.0. The number of hydrogen-bond acceptors (Lipinski definition) is 1. The molecule has 3 heteroatoms. The van der Waals surface area contributed by atoms with Crippen molar-refractivity contribution in [3.05, 3.63) is 243 Å². The van der Waals surface area contributed by atoms with E-state index in [0.29, 0.717) is 0 Å². The standard InChI is InChI=1S/C59H41N3/c1-2-17-48(61-56-30-10-6-26-50(56)51-27-7-11-31-57(51)61)35-34-41-18-14-23-45(36-41)54-39-47(42-19-4-3-5-20-42)40-55(60-54)46-24-15-21-43(37-46)44-22-16-25-49(38-44)62-58-32-12-8-28-52(58)53-29-9-13-33-59(53)62/h2-40H,1H2/b35-34+,48-17+. The molecule has 0 saturated carbocycles. The minimum Gasteiger partial charge on any atom is -0.309 e. The summed E-state index contributed by atoms with van der Waals surface area (Å²) in [4.78, 5) is 5.38. The molecule has 11 aromatic rings. The second-order valence-electron chi connectivity index (χ2n) is 15.6. The minimum atomic E-state index is 0.916. The van der Waals surface area contributed by atoms with E-state index in [9.17, 15) is 0 Å². The van der Waals surface area contributed by atoms with Gasteiger partial charge in [0.25, 0.3) is 0 Å². The van der Waals surface area contributed by atoms with Crippen molar-refractivity contribution in [3.63, 3.8) is 0 Å². The first kappa shape index (κ1) is 36.8. The van der Waals surface area contributed by atoms with E-state index in [4.69, 9.17) is 4.98 Å². The summed E-state index contributed by atoms with van der Waals surface area (Å²) in [5.41, 5.74) is 16.5. The van der Waals surface area contributed by atoms with Crippen LogP contribution in [0.1, 0.15) is 5.56 Å². The molecule has 0 aliphatic carbocycles. The average Bonchev–Trinajstić information content (AvgIpc) is 3.86. The van der Waals surface area contributed by atoms with Crippen molar-refractivity contribution in [2.75, 3.05) is 0 Å². The SMILES string of the molecule is C=C/C=C(\C=C\c1cccc(-c2cc(-c3ccccc3)cc(-c3cccc(-c4cccc(-n5c6ccccc6c6ccccc65)c4)c3)n2)c1)n1c2ccccc2c2ccccc21. The van der Waals surface area contributed by atoms with Gasteiger partial charge in [0.1, 0.15) is 0 Å². The summed E-state index contributed by atoms with van der Waals surface area (Å²) < 4.78 is 4.69. The van der Waals surface area contributed by atoms with Gasteiger partial charge >= 0.3 is 0 Å². The van der Waals surface area contributed by atoms with Gasteiger partial charge in [0.15, 0.2) is 0 Å². The third kappa shape index (κ3) is 6.63. The van der Waals surface area contributed by atoms with Crippen LogP contribution in [0, 0.1) is 0 Å². The van der Waals surface area contributed by atoms with Crippen LogP contribution in [0.5, 0.6) is 0 Å². The summed E-state index contributed by atoms with van der Waals surface area (Å²) in [6.07, 6.45) is 8.30. The molecule has 0 spiro atoms. The molecule has 0 saturated heterocycles. The summed E-state index contributed by atoms with van der Waals surface area (Å²) >= 11 is 0. The van der Waals surface area contributed by atoms with Gasteiger partial charge in [-0.15, -0.1) is 0 Å². The second-order valence-corrected chi connectivity index (χ2v) is 15.6. The van der Waals surface area contributed by atoms with Crippen LogP contribution in [-0.2, 0) is 0 Å². The van der Waals surface area contributed by atoms with Gasteiger partial charge in [-0.05, 0) is 101 Å². The molecule has 0 aliphatic heterocycles. The van der Waals surface area contributed by atoms with Crippen molar-refractivity contribution in [1.82, 2.24) is 14.1 Å². The van der Waals surface area contributed by atoms with Gasteiger partial charge in [-0.1, -0.05) is 170 Å². The monoisotopic (exact) mass is 791 g/mol. The Hall–Kier alpha value is -8.27. The topological polar surface area (TPSA) is 22.8 Å². The predicted molar refractivity (Wildman–Crippen MR) is 263 cm³/mol. The fraction of sp³-hybridized carbons (Fsp3) is 0. The van der Waals surface area contributed by atoms with Crippen molar-refractivity contribution in [2.24, 2.45) is 0 Å². The number of fused-ring (bicyclic) bond motifs is 6. The van der Waals surface area contributed by atoms with E-state index in [0.717, 1.165) is 72.7 Å². The zero-order chi connectivity index (χ0) is 41.4. The quantitative estimate of drug-likeness (QED) is 0.134. The van der Waals surface area contributed by atoms with Crippen LogP contribution in [0.3, 0.4) is 0 Å². The first-order valence-corrected chi connectivity index (χ1v) is 21.1. The average molecular weight is 792 g/mol. The van der Waals surface area contributed by atoms with Gasteiger partial charge in [-0.3, -0.25) is 0 Å². The first-order valence-electron chi connectivity index (χ1n) is 21.1. The number of allylic oxidation sites excluding steroid dienone is 4. The summed E-state index contributed by atoms with van der Waals surface area (Å²) in [6, 6.07) is 75.8. The molecule has 0 radical (unpaired) electrons. The van der Waals surface area contributed by atoms with Crippen LogP contribution >= 0.6 is 0 Å². The Labute approximate surface area is 361 Å². The largest absolute Gasteiger partial charge is 0.309 e. The van der Waals surface area contributed by atoms with Crippen LogP contribution in [0.2, 0.25) is 0 Å². The van der Waals surface area contributed by atoms with Gasteiger partial charge < -0.3 is 9.13 Å². The molecule has 292 valence electrons. The Morgan fingerprint density at radius 1 is 0.403 bits per heavy atom. The molecule has 3 heterocycles. The Morgan fingerprint density at radius 2 is 0.887 bits per heavy atom. The van der Waals surface area contributed by atoms with Gasteiger partial charge in [0, 0.05) is 44.1 Å². The highest BCUT2D eigenvalue weighted by Gasteiger charge is 2.15. The zero-order valence-electron chi connectivity index (χ0n) is 34.1. The van der Waals surface area contributed by atoms with Crippen LogP contribution in [0.15, 0.2) is 237 Å².